The Kier molecular flexibility index (Phi) is 3.09. The zero-order valence-electron chi connectivity index (χ0n) is 8.16. The fourth-order valence-electron chi connectivity index (χ4n) is 1.76. The molecule has 2 fully saturated rings. The van der Waals surface area contributed by atoms with E-state index in [9.17, 15) is 8.42 Å². The predicted octanol–water partition coefficient (Wildman–Crippen LogP) is 0.801. The summed E-state index contributed by atoms with van der Waals surface area (Å²) in [5.41, 5.74) is 0. The van der Waals surface area contributed by atoms with E-state index in [0.717, 1.165) is 31.7 Å². The largest absolute Gasteiger partial charge is 0.378 e. The molecule has 0 aromatic carbocycles. The average molecular weight is 218 g/mol. The highest BCUT2D eigenvalue weighted by atomic mass is 32.2. The first-order valence-corrected chi connectivity index (χ1v) is 6.67. The van der Waals surface area contributed by atoms with Gasteiger partial charge in [-0.1, -0.05) is 19.3 Å². The second-order valence-electron chi connectivity index (χ2n) is 3.97. The average Bonchev–Trinajstić information content (AvgIpc) is 2.00. The zero-order valence-corrected chi connectivity index (χ0v) is 8.98. The van der Waals surface area contributed by atoms with Crippen molar-refractivity contribution in [1.29, 1.82) is 0 Å². The van der Waals surface area contributed by atoms with Crippen LogP contribution in [0.2, 0.25) is 0 Å². The Labute approximate surface area is 85.1 Å². The van der Waals surface area contributed by atoms with Gasteiger partial charge >= 0.3 is 0 Å². The van der Waals surface area contributed by atoms with Gasteiger partial charge in [-0.15, -0.1) is 0 Å². The van der Waals surface area contributed by atoms with Gasteiger partial charge in [0.25, 0.3) is 0 Å². The fourth-order valence-corrected chi connectivity index (χ4v) is 3.08. The second kappa shape index (κ2) is 4.16. The number of nitrogens with one attached hydrogen (secondary N) is 1. The Morgan fingerprint density at radius 3 is 2.29 bits per heavy atom. The lowest BCUT2D eigenvalue weighted by atomic mass is 9.96. The molecule has 0 spiro atoms. The van der Waals surface area contributed by atoms with Crippen LogP contribution in [-0.2, 0) is 14.8 Å². The van der Waals surface area contributed by atoms with Gasteiger partial charge in [0, 0.05) is 0 Å². The van der Waals surface area contributed by atoms with Crippen LogP contribution < -0.4 is 4.72 Å². The normalized spacial score (nSPS) is 26.0. The molecule has 0 aromatic heterocycles. The van der Waals surface area contributed by atoms with E-state index in [-0.39, 0.29) is 5.25 Å². The second-order valence-corrected chi connectivity index (χ2v) is 5.93. The molecule has 81 valence electrons. The van der Waals surface area contributed by atoms with E-state index in [1.165, 1.54) is 6.42 Å². The van der Waals surface area contributed by atoms with E-state index in [0.29, 0.717) is 13.2 Å². The first-order valence-electron chi connectivity index (χ1n) is 5.12. The number of hydrogen-bond donors (Lipinski definition) is 1. The van der Waals surface area contributed by atoms with Crippen LogP contribution in [-0.4, -0.2) is 26.9 Å². The lowest BCUT2D eigenvalue weighted by molar-refractivity contribution is 0.0411. The lowest BCUT2D eigenvalue weighted by Crippen LogP contribution is -2.47. The van der Waals surface area contributed by atoms with Gasteiger partial charge in [-0.05, 0) is 12.8 Å². The summed E-state index contributed by atoms with van der Waals surface area (Å²) in [5.74, 6) is 0. The van der Waals surface area contributed by atoms with Crippen LogP contribution in [0, 0.1) is 6.04 Å². The molecule has 1 heterocycles. The fraction of sp³-hybridized carbons (Fsp3) is 0.889. The van der Waals surface area contributed by atoms with Crippen LogP contribution in [0.15, 0.2) is 0 Å². The van der Waals surface area contributed by atoms with Crippen molar-refractivity contribution in [2.24, 2.45) is 0 Å². The van der Waals surface area contributed by atoms with Crippen LogP contribution in [0.5, 0.6) is 0 Å². The molecule has 1 saturated heterocycles. The minimum absolute atomic E-state index is 0.322. The molecular formula is C9H16NO3S. The molecule has 1 radical (unpaired) electrons. The molecule has 2 rings (SSSR count). The van der Waals surface area contributed by atoms with Gasteiger partial charge in [0.2, 0.25) is 10.0 Å². The summed E-state index contributed by atoms with van der Waals surface area (Å²) in [6.07, 6.45) is 5.26. The monoisotopic (exact) mass is 218 g/mol. The third-order valence-corrected chi connectivity index (χ3v) is 4.51. The third-order valence-electron chi connectivity index (χ3n) is 2.79. The van der Waals surface area contributed by atoms with Gasteiger partial charge in [0.1, 0.15) is 5.25 Å². The van der Waals surface area contributed by atoms with Gasteiger partial charge < -0.3 is 4.74 Å². The Hall–Kier alpha value is -0.130. The predicted molar refractivity (Wildman–Crippen MR) is 53.0 cm³/mol. The van der Waals surface area contributed by atoms with Gasteiger partial charge in [-0.25, -0.2) is 13.1 Å². The first kappa shape index (κ1) is 10.4. The molecule has 14 heavy (non-hydrogen) atoms. The van der Waals surface area contributed by atoms with Crippen molar-refractivity contribution in [2.75, 3.05) is 13.2 Å². The molecule has 0 atom stereocenters. The van der Waals surface area contributed by atoms with Crippen LogP contribution in [0.1, 0.15) is 32.1 Å². The molecule has 0 amide bonds. The Morgan fingerprint density at radius 2 is 1.79 bits per heavy atom. The highest BCUT2D eigenvalue weighted by Gasteiger charge is 2.34. The highest BCUT2D eigenvalue weighted by Crippen LogP contribution is 2.25. The lowest BCUT2D eigenvalue weighted by Gasteiger charge is -2.29. The Balaban J connectivity index is 1.88. The maximum atomic E-state index is 11.7. The molecule has 0 aromatic rings. The molecule has 2 aliphatic rings. The van der Waals surface area contributed by atoms with Crippen LogP contribution >= 0.6 is 0 Å². The van der Waals surface area contributed by atoms with Gasteiger partial charge in [0.05, 0.1) is 19.3 Å². The summed E-state index contributed by atoms with van der Waals surface area (Å²) >= 11 is 0. The number of ether oxygens (including phenoxy) is 1. The Bertz CT molecular complexity index is 278. The summed E-state index contributed by atoms with van der Waals surface area (Å²) in [5, 5.41) is -0.322. The van der Waals surface area contributed by atoms with Crippen molar-refractivity contribution in [3.63, 3.8) is 0 Å². The van der Waals surface area contributed by atoms with Crippen molar-refractivity contribution in [3.8, 4) is 0 Å². The molecule has 0 unspecified atom stereocenters. The molecule has 5 heteroatoms. The van der Waals surface area contributed by atoms with E-state index < -0.39 is 10.0 Å². The van der Waals surface area contributed by atoms with E-state index in [2.05, 4.69) is 4.72 Å². The SMILES string of the molecule is O=S(=O)(N[C]1CCCCC1)C1COC1. The van der Waals surface area contributed by atoms with Crippen LogP contribution in [0.4, 0.5) is 0 Å². The minimum Gasteiger partial charge on any atom is -0.378 e. The first-order chi connectivity index (χ1) is 6.68. The zero-order chi connectivity index (χ0) is 10.0. The number of hydrogen-bond acceptors (Lipinski definition) is 3. The maximum Gasteiger partial charge on any atom is 0.219 e. The Morgan fingerprint density at radius 1 is 1.14 bits per heavy atom. The van der Waals surface area contributed by atoms with E-state index >= 15 is 0 Å². The smallest absolute Gasteiger partial charge is 0.219 e. The van der Waals surface area contributed by atoms with Crippen molar-refractivity contribution >= 4 is 10.0 Å². The summed E-state index contributed by atoms with van der Waals surface area (Å²) < 4.78 is 30.9. The minimum atomic E-state index is -3.14. The van der Waals surface area contributed by atoms with Gasteiger partial charge in [-0.2, -0.15) is 0 Å². The van der Waals surface area contributed by atoms with E-state index in [1.807, 2.05) is 0 Å². The molecular weight excluding hydrogens is 202 g/mol. The molecule has 1 aliphatic carbocycles. The van der Waals surface area contributed by atoms with Crippen molar-refractivity contribution in [1.82, 2.24) is 4.72 Å². The molecule has 1 aliphatic heterocycles. The summed E-state index contributed by atoms with van der Waals surface area (Å²) in [4.78, 5) is 0. The molecule has 1 saturated carbocycles. The summed E-state index contributed by atoms with van der Waals surface area (Å²) in [7, 11) is -3.14. The van der Waals surface area contributed by atoms with Crippen molar-refractivity contribution in [3.05, 3.63) is 6.04 Å². The topological polar surface area (TPSA) is 55.4 Å². The van der Waals surface area contributed by atoms with E-state index in [4.69, 9.17) is 4.74 Å². The quantitative estimate of drug-likeness (QED) is 0.762. The summed E-state index contributed by atoms with van der Waals surface area (Å²) in [6, 6.07) is 0.989. The highest BCUT2D eigenvalue weighted by molar-refractivity contribution is 7.90. The summed E-state index contributed by atoms with van der Waals surface area (Å²) in [6.45, 7) is 0.700. The standard InChI is InChI=1S/C9H16NO3S/c11-14(12,9-6-13-7-9)10-8-4-2-1-3-5-8/h9-10H,1-7H2. The molecule has 0 bridgehead atoms. The van der Waals surface area contributed by atoms with Gasteiger partial charge in [-0.3, -0.25) is 0 Å². The van der Waals surface area contributed by atoms with Crippen molar-refractivity contribution < 1.29 is 13.2 Å². The molecule has 1 N–H and O–H groups in total. The number of rotatable bonds is 3. The molecule has 4 nitrogen and oxygen atoms in total. The van der Waals surface area contributed by atoms with Gasteiger partial charge in [0.15, 0.2) is 0 Å². The third kappa shape index (κ3) is 2.27. The van der Waals surface area contributed by atoms with Crippen LogP contribution in [0.25, 0.3) is 0 Å². The van der Waals surface area contributed by atoms with Crippen molar-refractivity contribution in [2.45, 2.75) is 37.4 Å². The maximum absolute atomic E-state index is 11.7. The van der Waals surface area contributed by atoms with E-state index in [1.54, 1.807) is 0 Å². The number of sulfonamides is 1. The van der Waals surface area contributed by atoms with Crippen LogP contribution in [0.3, 0.4) is 0 Å².